The zero-order valence-electron chi connectivity index (χ0n) is 12.1. The maximum absolute atomic E-state index is 6.18. The van der Waals surface area contributed by atoms with Crippen molar-refractivity contribution < 1.29 is 4.74 Å². The van der Waals surface area contributed by atoms with Crippen LogP contribution in [0.15, 0.2) is 41.0 Å². The average molecular weight is 370 g/mol. The van der Waals surface area contributed by atoms with Gasteiger partial charge in [-0.15, -0.1) is 0 Å². The van der Waals surface area contributed by atoms with E-state index in [4.69, 9.17) is 16.3 Å². The van der Waals surface area contributed by atoms with Crippen LogP contribution in [0.2, 0.25) is 5.02 Å². The van der Waals surface area contributed by atoms with Crippen molar-refractivity contribution in [3.05, 3.63) is 51.6 Å². The lowest BCUT2D eigenvalue weighted by Crippen LogP contribution is -2.19. The lowest BCUT2D eigenvalue weighted by Gasteiger charge is -2.12. The molecular weight excluding hydrogens is 352 g/mol. The van der Waals surface area contributed by atoms with Gasteiger partial charge >= 0.3 is 0 Å². The minimum atomic E-state index is 0.552. The number of nitrogens with one attached hydrogen (secondary N) is 1. The molecule has 2 rings (SSSR count). The summed E-state index contributed by atoms with van der Waals surface area (Å²) in [5, 5.41) is 3.94. The van der Waals surface area contributed by atoms with Crippen molar-refractivity contribution in [1.29, 1.82) is 0 Å². The molecule has 0 saturated carbocycles. The Hall–Kier alpha value is -1.10. The number of aromatic nitrogens is 1. The zero-order chi connectivity index (χ0) is 15.2. The van der Waals surface area contributed by atoms with E-state index in [1.165, 1.54) is 0 Å². The van der Waals surface area contributed by atoms with Gasteiger partial charge in [0.25, 0.3) is 0 Å². The highest BCUT2D eigenvalue weighted by Crippen LogP contribution is 2.32. The summed E-state index contributed by atoms with van der Waals surface area (Å²) < 4.78 is 6.77. The van der Waals surface area contributed by atoms with E-state index in [-0.39, 0.29) is 0 Å². The smallest absolute Gasteiger partial charge is 0.223 e. The van der Waals surface area contributed by atoms with Gasteiger partial charge in [-0.25, -0.2) is 4.98 Å². The first-order valence-corrected chi connectivity index (χ1v) is 8.01. The van der Waals surface area contributed by atoms with Crippen molar-refractivity contribution in [2.24, 2.45) is 5.92 Å². The molecule has 0 aliphatic heterocycles. The van der Waals surface area contributed by atoms with Gasteiger partial charge in [-0.1, -0.05) is 47.4 Å². The Bertz CT molecular complexity index is 605. The molecule has 21 heavy (non-hydrogen) atoms. The Morgan fingerprint density at radius 1 is 1.33 bits per heavy atom. The Morgan fingerprint density at radius 2 is 2.14 bits per heavy atom. The molecule has 0 saturated heterocycles. The van der Waals surface area contributed by atoms with E-state index in [1.807, 2.05) is 24.3 Å². The molecule has 0 amide bonds. The summed E-state index contributed by atoms with van der Waals surface area (Å²) in [6.45, 7) is 6.02. The highest BCUT2D eigenvalue weighted by Gasteiger charge is 2.09. The van der Waals surface area contributed by atoms with Crippen molar-refractivity contribution in [3.63, 3.8) is 0 Å². The van der Waals surface area contributed by atoms with Crippen molar-refractivity contribution in [2.45, 2.75) is 20.4 Å². The molecule has 2 aromatic rings. The number of ether oxygens (including phenoxy) is 1. The monoisotopic (exact) mass is 368 g/mol. The molecule has 0 unspecified atom stereocenters. The maximum atomic E-state index is 6.18. The number of rotatable bonds is 6. The number of hydrogen-bond donors (Lipinski definition) is 1. The molecule has 0 spiro atoms. The zero-order valence-corrected chi connectivity index (χ0v) is 14.4. The predicted molar refractivity (Wildman–Crippen MR) is 90.0 cm³/mol. The molecule has 0 bridgehead atoms. The van der Waals surface area contributed by atoms with Crippen LogP contribution >= 0.6 is 27.5 Å². The molecule has 1 heterocycles. The van der Waals surface area contributed by atoms with E-state index in [9.17, 15) is 0 Å². The van der Waals surface area contributed by atoms with Crippen LogP contribution in [0.1, 0.15) is 19.4 Å². The third-order valence-electron chi connectivity index (χ3n) is 2.82. The standard InChI is InChI=1S/C16H18BrClN2O/c1-11(2)9-19-10-12-4-3-7-20-16(12)21-15-6-5-13(17)8-14(15)18/h3-8,11,19H,9-10H2,1-2H3. The first-order valence-electron chi connectivity index (χ1n) is 6.84. The third-order valence-corrected chi connectivity index (χ3v) is 3.61. The van der Waals surface area contributed by atoms with E-state index in [1.54, 1.807) is 12.3 Å². The van der Waals surface area contributed by atoms with Gasteiger partial charge in [0.15, 0.2) is 0 Å². The maximum Gasteiger partial charge on any atom is 0.223 e. The largest absolute Gasteiger partial charge is 0.437 e. The minimum absolute atomic E-state index is 0.552. The van der Waals surface area contributed by atoms with Gasteiger partial charge in [-0.3, -0.25) is 0 Å². The molecular formula is C16H18BrClN2O. The molecule has 1 N–H and O–H groups in total. The summed E-state index contributed by atoms with van der Waals surface area (Å²) in [4.78, 5) is 4.30. The van der Waals surface area contributed by atoms with Crippen LogP contribution in [0, 0.1) is 5.92 Å². The van der Waals surface area contributed by atoms with Crippen LogP contribution in [-0.4, -0.2) is 11.5 Å². The van der Waals surface area contributed by atoms with Crippen molar-refractivity contribution in [3.8, 4) is 11.6 Å². The summed E-state index contributed by atoms with van der Waals surface area (Å²) in [5.74, 6) is 1.79. The molecule has 0 aliphatic rings. The molecule has 1 aromatic heterocycles. The number of hydrogen-bond acceptors (Lipinski definition) is 3. The Kier molecular flexibility index (Phi) is 6.03. The van der Waals surface area contributed by atoms with Crippen molar-refractivity contribution in [2.75, 3.05) is 6.54 Å². The number of halogens is 2. The van der Waals surface area contributed by atoms with Crippen molar-refractivity contribution >= 4 is 27.5 Å². The minimum Gasteiger partial charge on any atom is -0.437 e. The van der Waals surface area contributed by atoms with Gasteiger partial charge in [0.1, 0.15) is 5.75 Å². The van der Waals surface area contributed by atoms with E-state index >= 15 is 0 Å². The SMILES string of the molecule is CC(C)CNCc1cccnc1Oc1ccc(Br)cc1Cl. The second-order valence-electron chi connectivity index (χ2n) is 5.17. The number of benzene rings is 1. The second kappa shape index (κ2) is 7.78. The van der Waals surface area contributed by atoms with Gasteiger partial charge in [0.05, 0.1) is 5.02 Å². The average Bonchev–Trinajstić information content (AvgIpc) is 2.43. The van der Waals surface area contributed by atoms with Crippen LogP contribution in [0.3, 0.4) is 0 Å². The van der Waals surface area contributed by atoms with Crippen LogP contribution in [0.4, 0.5) is 0 Å². The Balaban J connectivity index is 2.12. The topological polar surface area (TPSA) is 34.2 Å². The fourth-order valence-electron chi connectivity index (χ4n) is 1.81. The second-order valence-corrected chi connectivity index (χ2v) is 6.49. The van der Waals surface area contributed by atoms with Gasteiger partial charge < -0.3 is 10.1 Å². The molecule has 0 radical (unpaired) electrons. The first kappa shape index (κ1) is 16.3. The molecule has 112 valence electrons. The van der Waals surface area contributed by atoms with Crippen molar-refractivity contribution in [1.82, 2.24) is 10.3 Å². The van der Waals surface area contributed by atoms with Crippen LogP contribution in [-0.2, 0) is 6.54 Å². The highest BCUT2D eigenvalue weighted by molar-refractivity contribution is 9.10. The van der Waals surface area contributed by atoms with E-state index in [0.717, 1.165) is 23.1 Å². The molecule has 5 heteroatoms. The van der Waals surface area contributed by atoms with E-state index in [2.05, 4.69) is 40.1 Å². The van der Waals surface area contributed by atoms with Crippen LogP contribution in [0.25, 0.3) is 0 Å². The quantitative estimate of drug-likeness (QED) is 0.775. The number of nitrogens with zero attached hydrogens (tertiary/aromatic N) is 1. The Labute approximate surface area is 138 Å². The van der Waals surface area contributed by atoms with Crippen LogP contribution in [0.5, 0.6) is 11.6 Å². The van der Waals surface area contributed by atoms with E-state index < -0.39 is 0 Å². The molecule has 3 nitrogen and oxygen atoms in total. The third kappa shape index (κ3) is 4.99. The predicted octanol–water partition coefficient (Wildman–Crippen LogP) is 5.04. The first-order chi connectivity index (χ1) is 10.1. The van der Waals surface area contributed by atoms with Crippen LogP contribution < -0.4 is 10.1 Å². The molecule has 0 atom stereocenters. The highest BCUT2D eigenvalue weighted by atomic mass is 79.9. The summed E-state index contributed by atoms with van der Waals surface area (Å²) >= 11 is 9.56. The van der Waals surface area contributed by atoms with Gasteiger partial charge in [-0.2, -0.15) is 0 Å². The van der Waals surface area contributed by atoms with E-state index in [0.29, 0.717) is 22.6 Å². The molecule has 0 aliphatic carbocycles. The van der Waals surface area contributed by atoms with Gasteiger partial charge in [0.2, 0.25) is 5.88 Å². The normalized spacial score (nSPS) is 10.9. The summed E-state index contributed by atoms with van der Waals surface area (Å²) in [6.07, 6.45) is 1.72. The lowest BCUT2D eigenvalue weighted by atomic mass is 10.2. The summed E-state index contributed by atoms with van der Waals surface area (Å²) in [5.41, 5.74) is 1.01. The summed E-state index contributed by atoms with van der Waals surface area (Å²) in [6, 6.07) is 9.43. The lowest BCUT2D eigenvalue weighted by molar-refractivity contribution is 0.450. The molecule has 1 aromatic carbocycles. The fourth-order valence-corrected chi connectivity index (χ4v) is 2.52. The van der Waals surface area contributed by atoms with Gasteiger partial charge in [-0.05, 0) is 36.7 Å². The fraction of sp³-hybridized carbons (Fsp3) is 0.312. The summed E-state index contributed by atoms with van der Waals surface area (Å²) in [7, 11) is 0. The Morgan fingerprint density at radius 3 is 2.86 bits per heavy atom. The number of pyridine rings is 1. The molecule has 0 fully saturated rings. The van der Waals surface area contributed by atoms with Gasteiger partial charge in [0, 0.05) is 22.8 Å².